The third kappa shape index (κ3) is 2.89. The number of aromatic nitrogens is 1. The second-order valence-corrected chi connectivity index (χ2v) is 6.70. The number of nitrogens with one attached hydrogen (secondary N) is 1. The van der Waals surface area contributed by atoms with Crippen LogP contribution in [0.4, 0.5) is 0 Å². The molecule has 1 heterocycles. The van der Waals surface area contributed by atoms with E-state index in [2.05, 4.69) is 56.3 Å². The summed E-state index contributed by atoms with van der Waals surface area (Å²) in [5.74, 6) is 0.858. The molecule has 1 fully saturated rings. The Bertz CT molecular complexity index is 434. The normalized spacial score (nSPS) is 28.6. The second-order valence-electron chi connectivity index (χ2n) is 6.70. The standard InChI is InChI=1S/C17H29N3/c1-13-6-8-17(9-7-13,20(4)5)16(18-3)15-10-14(2)11-19-12-15/h10-13,16,18H,6-9H2,1-5H3. The Morgan fingerprint density at radius 1 is 1.30 bits per heavy atom. The first-order chi connectivity index (χ1) is 9.49. The van der Waals surface area contributed by atoms with Crippen molar-refractivity contribution in [1.82, 2.24) is 15.2 Å². The van der Waals surface area contributed by atoms with Gasteiger partial charge in [0.15, 0.2) is 0 Å². The summed E-state index contributed by atoms with van der Waals surface area (Å²) in [5, 5.41) is 3.57. The lowest BCUT2D eigenvalue weighted by Gasteiger charge is -2.49. The molecule has 1 atom stereocenters. The van der Waals surface area contributed by atoms with Crippen LogP contribution in [0.25, 0.3) is 0 Å². The van der Waals surface area contributed by atoms with Gasteiger partial charge in [-0.15, -0.1) is 0 Å². The van der Waals surface area contributed by atoms with Crippen LogP contribution in [-0.2, 0) is 0 Å². The molecule has 3 nitrogen and oxygen atoms in total. The van der Waals surface area contributed by atoms with Gasteiger partial charge < -0.3 is 10.2 Å². The molecular weight excluding hydrogens is 246 g/mol. The van der Waals surface area contributed by atoms with Crippen LogP contribution >= 0.6 is 0 Å². The monoisotopic (exact) mass is 275 g/mol. The van der Waals surface area contributed by atoms with Gasteiger partial charge in [-0.2, -0.15) is 0 Å². The molecule has 0 aromatic carbocycles. The fraction of sp³-hybridized carbons (Fsp3) is 0.706. The summed E-state index contributed by atoms with van der Waals surface area (Å²) in [5.41, 5.74) is 2.76. The van der Waals surface area contributed by atoms with Gasteiger partial charge in [-0.1, -0.05) is 13.0 Å². The predicted octanol–water partition coefficient (Wildman–Crippen LogP) is 3.16. The van der Waals surface area contributed by atoms with Crippen molar-refractivity contribution in [3.05, 3.63) is 29.6 Å². The predicted molar refractivity (Wildman–Crippen MR) is 84.8 cm³/mol. The van der Waals surface area contributed by atoms with Gasteiger partial charge in [0, 0.05) is 17.9 Å². The molecule has 0 radical (unpaired) electrons. The minimum absolute atomic E-state index is 0.205. The van der Waals surface area contributed by atoms with E-state index in [1.54, 1.807) is 0 Å². The molecule has 1 N–H and O–H groups in total. The maximum Gasteiger partial charge on any atom is 0.0519 e. The van der Waals surface area contributed by atoms with Crippen LogP contribution in [0.15, 0.2) is 18.5 Å². The quantitative estimate of drug-likeness (QED) is 0.915. The van der Waals surface area contributed by atoms with Gasteiger partial charge >= 0.3 is 0 Å². The first-order valence-electron chi connectivity index (χ1n) is 7.76. The summed E-state index contributed by atoms with van der Waals surface area (Å²) < 4.78 is 0. The molecule has 0 bridgehead atoms. The average Bonchev–Trinajstić information content (AvgIpc) is 2.42. The minimum Gasteiger partial charge on any atom is -0.311 e. The fourth-order valence-electron chi connectivity index (χ4n) is 3.74. The molecule has 0 aliphatic heterocycles. The van der Waals surface area contributed by atoms with Crippen LogP contribution in [0.2, 0.25) is 0 Å². The van der Waals surface area contributed by atoms with E-state index >= 15 is 0 Å². The van der Waals surface area contributed by atoms with Crippen molar-refractivity contribution in [3.8, 4) is 0 Å². The van der Waals surface area contributed by atoms with E-state index in [1.807, 2.05) is 12.4 Å². The highest BCUT2D eigenvalue weighted by molar-refractivity contribution is 5.24. The van der Waals surface area contributed by atoms with Gasteiger partial charge in [0.05, 0.1) is 6.04 Å². The van der Waals surface area contributed by atoms with Gasteiger partial charge in [0.2, 0.25) is 0 Å². The Morgan fingerprint density at radius 2 is 1.95 bits per heavy atom. The summed E-state index contributed by atoms with van der Waals surface area (Å²) in [6, 6.07) is 2.62. The number of aryl methyl sites for hydroxylation is 1. The molecule has 1 aromatic heterocycles. The molecule has 1 aliphatic carbocycles. The lowest BCUT2D eigenvalue weighted by atomic mass is 9.70. The third-order valence-electron chi connectivity index (χ3n) is 5.09. The Hall–Kier alpha value is -0.930. The van der Waals surface area contributed by atoms with E-state index in [1.165, 1.54) is 36.8 Å². The number of hydrogen-bond acceptors (Lipinski definition) is 3. The van der Waals surface area contributed by atoms with Crippen molar-refractivity contribution < 1.29 is 0 Å². The van der Waals surface area contributed by atoms with Crippen LogP contribution < -0.4 is 5.32 Å². The molecule has 2 rings (SSSR count). The smallest absolute Gasteiger partial charge is 0.0519 e. The van der Waals surface area contributed by atoms with Gasteiger partial charge in [0.25, 0.3) is 0 Å². The van der Waals surface area contributed by atoms with Crippen LogP contribution in [0.5, 0.6) is 0 Å². The molecular formula is C17H29N3. The van der Waals surface area contributed by atoms with Crippen molar-refractivity contribution in [3.63, 3.8) is 0 Å². The van der Waals surface area contributed by atoms with Crippen LogP contribution in [-0.4, -0.2) is 36.6 Å². The SMILES string of the molecule is CNC(c1cncc(C)c1)C1(N(C)C)CCC(C)CC1. The number of likely N-dealkylation sites (N-methyl/N-ethyl adjacent to an activating group) is 2. The Labute approximate surface area is 123 Å². The van der Waals surface area contributed by atoms with E-state index < -0.39 is 0 Å². The van der Waals surface area contributed by atoms with Crippen LogP contribution in [0, 0.1) is 12.8 Å². The number of nitrogens with zero attached hydrogens (tertiary/aromatic N) is 2. The summed E-state index contributed by atoms with van der Waals surface area (Å²) in [6.07, 6.45) is 9.09. The maximum absolute atomic E-state index is 4.39. The van der Waals surface area contributed by atoms with Gasteiger partial charge in [-0.3, -0.25) is 4.98 Å². The van der Waals surface area contributed by atoms with E-state index in [4.69, 9.17) is 0 Å². The highest BCUT2D eigenvalue weighted by Gasteiger charge is 2.43. The van der Waals surface area contributed by atoms with Gasteiger partial charge in [0.1, 0.15) is 0 Å². The zero-order chi connectivity index (χ0) is 14.8. The molecule has 112 valence electrons. The maximum atomic E-state index is 4.39. The Balaban J connectivity index is 2.35. The first kappa shape index (κ1) is 15.5. The van der Waals surface area contributed by atoms with Crippen LogP contribution in [0.3, 0.4) is 0 Å². The molecule has 3 heteroatoms. The van der Waals surface area contributed by atoms with Gasteiger partial charge in [-0.05, 0) is 70.8 Å². The summed E-state index contributed by atoms with van der Waals surface area (Å²) in [7, 11) is 6.53. The van der Waals surface area contributed by atoms with Crippen molar-refractivity contribution in [1.29, 1.82) is 0 Å². The molecule has 20 heavy (non-hydrogen) atoms. The van der Waals surface area contributed by atoms with Gasteiger partial charge in [-0.25, -0.2) is 0 Å². The van der Waals surface area contributed by atoms with E-state index in [0.717, 1.165) is 5.92 Å². The Morgan fingerprint density at radius 3 is 2.45 bits per heavy atom. The van der Waals surface area contributed by atoms with Crippen molar-refractivity contribution >= 4 is 0 Å². The lowest BCUT2D eigenvalue weighted by Crippen LogP contribution is -2.55. The zero-order valence-corrected chi connectivity index (χ0v) is 13.6. The zero-order valence-electron chi connectivity index (χ0n) is 13.6. The number of hydrogen-bond donors (Lipinski definition) is 1. The van der Waals surface area contributed by atoms with Crippen molar-refractivity contribution in [2.45, 2.75) is 51.1 Å². The first-order valence-corrected chi connectivity index (χ1v) is 7.76. The molecule has 1 saturated carbocycles. The molecule has 0 saturated heterocycles. The summed E-state index contributed by atoms with van der Waals surface area (Å²) >= 11 is 0. The average molecular weight is 275 g/mol. The third-order valence-corrected chi connectivity index (χ3v) is 5.09. The number of rotatable bonds is 4. The number of pyridine rings is 1. The highest BCUT2D eigenvalue weighted by atomic mass is 15.2. The topological polar surface area (TPSA) is 28.2 Å². The van der Waals surface area contributed by atoms with E-state index in [-0.39, 0.29) is 5.54 Å². The summed E-state index contributed by atoms with van der Waals surface area (Å²) in [4.78, 5) is 6.83. The molecule has 1 aliphatic rings. The molecule has 1 unspecified atom stereocenters. The molecule has 1 aromatic rings. The minimum atomic E-state index is 0.205. The second kappa shape index (κ2) is 6.23. The molecule has 0 amide bonds. The Kier molecular flexibility index (Phi) is 4.82. The van der Waals surface area contributed by atoms with Crippen molar-refractivity contribution in [2.24, 2.45) is 5.92 Å². The highest BCUT2D eigenvalue weighted by Crippen LogP contribution is 2.43. The fourth-order valence-corrected chi connectivity index (χ4v) is 3.74. The lowest BCUT2D eigenvalue weighted by molar-refractivity contribution is 0.0454. The van der Waals surface area contributed by atoms with E-state index in [0.29, 0.717) is 6.04 Å². The largest absolute Gasteiger partial charge is 0.311 e. The van der Waals surface area contributed by atoms with E-state index in [9.17, 15) is 0 Å². The van der Waals surface area contributed by atoms with Crippen LogP contribution in [0.1, 0.15) is 49.8 Å². The summed E-state index contributed by atoms with van der Waals surface area (Å²) in [6.45, 7) is 4.50. The van der Waals surface area contributed by atoms with Crippen molar-refractivity contribution in [2.75, 3.05) is 21.1 Å². The molecule has 0 spiro atoms.